The lowest BCUT2D eigenvalue weighted by Gasteiger charge is -2.01. The number of hydrogen-bond donors (Lipinski definition) is 0. The highest BCUT2D eigenvalue weighted by atomic mass is 79.9. The van der Waals surface area contributed by atoms with Crippen molar-refractivity contribution in [1.29, 1.82) is 0 Å². The van der Waals surface area contributed by atoms with Crippen LogP contribution in [0.2, 0.25) is 0 Å². The fourth-order valence-corrected chi connectivity index (χ4v) is 1.24. The van der Waals surface area contributed by atoms with Gasteiger partial charge in [-0.25, -0.2) is 4.98 Å². The van der Waals surface area contributed by atoms with E-state index < -0.39 is 0 Å². The van der Waals surface area contributed by atoms with Crippen LogP contribution in [0.5, 0.6) is 5.75 Å². The Kier molecular flexibility index (Phi) is 9.84. The average Bonchev–Trinajstić information content (AvgIpc) is 2.08. The van der Waals surface area contributed by atoms with Gasteiger partial charge in [-0.05, 0) is 35.0 Å². The predicted octanol–water partition coefficient (Wildman–Crippen LogP) is 3.30. The third-order valence-electron chi connectivity index (χ3n) is 1.17. The van der Waals surface area contributed by atoms with Gasteiger partial charge in [0, 0.05) is 5.69 Å². The van der Waals surface area contributed by atoms with E-state index in [2.05, 4.69) is 20.9 Å². The molecule has 1 heterocycles. The van der Waals surface area contributed by atoms with Gasteiger partial charge in [-0.1, -0.05) is 13.8 Å². The van der Waals surface area contributed by atoms with E-state index in [4.69, 9.17) is 4.74 Å². The maximum atomic E-state index is 4.99. The molecule has 1 aromatic heterocycles. The molecule has 0 unspecified atom stereocenters. The summed E-state index contributed by atoms with van der Waals surface area (Å²) in [6.07, 6.45) is 0. The van der Waals surface area contributed by atoms with E-state index in [9.17, 15) is 0 Å². The van der Waals surface area contributed by atoms with Crippen LogP contribution >= 0.6 is 29.4 Å². The first kappa shape index (κ1) is 15.3. The first-order valence-corrected chi connectivity index (χ1v) is 4.70. The van der Waals surface area contributed by atoms with Gasteiger partial charge in [-0.3, -0.25) is 0 Å². The van der Waals surface area contributed by atoms with E-state index in [0.717, 1.165) is 16.0 Å². The zero-order valence-electron chi connectivity index (χ0n) is 8.39. The minimum absolute atomic E-state index is 0. The van der Waals surface area contributed by atoms with E-state index in [1.807, 2.05) is 32.9 Å². The number of ether oxygens (including phenoxy) is 1. The summed E-state index contributed by atoms with van der Waals surface area (Å²) in [6, 6.07) is 3.79. The monoisotopic (exact) mass is 265 g/mol. The van der Waals surface area contributed by atoms with Crippen molar-refractivity contribution < 1.29 is 4.74 Å². The summed E-state index contributed by atoms with van der Waals surface area (Å²) >= 11 is 3.27. The van der Waals surface area contributed by atoms with Gasteiger partial charge in [0.25, 0.3) is 0 Å². The summed E-state index contributed by atoms with van der Waals surface area (Å²) in [7, 11) is 1.62. The molecule has 4 heteroatoms. The SMILES string of the molecule is CC.COc1ccc(C)nc1Br.S. The highest BCUT2D eigenvalue weighted by Crippen LogP contribution is 2.21. The number of nitrogens with zero attached hydrogens (tertiary/aromatic N) is 1. The normalized spacial score (nSPS) is 7.77. The molecule has 0 fully saturated rings. The highest BCUT2D eigenvalue weighted by molar-refractivity contribution is 9.10. The smallest absolute Gasteiger partial charge is 0.151 e. The van der Waals surface area contributed by atoms with Gasteiger partial charge in [0.1, 0.15) is 4.60 Å². The Bertz CT molecular complexity index is 243. The van der Waals surface area contributed by atoms with Gasteiger partial charge in [0.2, 0.25) is 0 Å². The standard InChI is InChI=1S/C7H8BrNO.C2H6.H2S/c1-5-3-4-6(10-2)7(8)9-5;1-2;/h3-4H,1-2H3;1-2H3;1H2. The minimum Gasteiger partial charge on any atom is -0.494 e. The topological polar surface area (TPSA) is 22.1 Å². The summed E-state index contributed by atoms with van der Waals surface area (Å²) < 4.78 is 5.75. The van der Waals surface area contributed by atoms with E-state index in [-0.39, 0.29) is 13.5 Å². The molecule has 0 spiro atoms. The van der Waals surface area contributed by atoms with Crippen molar-refractivity contribution >= 4 is 29.4 Å². The Labute approximate surface area is 95.3 Å². The van der Waals surface area contributed by atoms with Crippen LogP contribution in [0.1, 0.15) is 19.5 Å². The largest absolute Gasteiger partial charge is 0.494 e. The van der Waals surface area contributed by atoms with Crippen LogP contribution in [-0.4, -0.2) is 12.1 Å². The molecule has 0 saturated heterocycles. The van der Waals surface area contributed by atoms with Gasteiger partial charge in [-0.2, -0.15) is 13.5 Å². The summed E-state index contributed by atoms with van der Waals surface area (Å²) in [6.45, 7) is 5.93. The molecule has 0 radical (unpaired) electrons. The lowest BCUT2D eigenvalue weighted by Crippen LogP contribution is -1.88. The Hall–Kier alpha value is -0.220. The second-order valence-electron chi connectivity index (χ2n) is 1.95. The molecule has 76 valence electrons. The highest BCUT2D eigenvalue weighted by Gasteiger charge is 1.98. The molecule has 0 atom stereocenters. The van der Waals surface area contributed by atoms with Gasteiger partial charge in [0.05, 0.1) is 7.11 Å². The molecule has 1 rings (SSSR count). The zero-order chi connectivity index (χ0) is 9.56. The Morgan fingerprint density at radius 2 is 1.85 bits per heavy atom. The van der Waals surface area contributed by atoms with Crippen LogP contribution in [-0.2, 0) is 0 Å². The van der Waals surface area contributed by atoms with E-state index in [1.54, 1.807) is 7.11 Å². The summed E-state index contributed by atoms with van der Waals surface area (Å²) in [5, 5.41) is 0. The molecular formula is C9H16BrNOS. The fraction of sp³-hybridized carbons (Fsp3) is 0.444. The Morgan fingerprint density at radius 1 is 1.31 bits per heavy atom. The first-order valence-electron chi connectivity index (χ1n) is 3.91. The van der Waals surface area contributed by atoms with Crippen molar-refractivity contribution in [2.24, 2.45) is 0 Å². The second-order valence-corrected chi connectivity index (χ2v) is 2.70. The number of aryl methyl sites for hydroxylation is 1. The number of pyridine rings is 1. The van der Waals surface area contributed by atoms with Crippen molar-refractivity contribution in [3.05, 3.63) is 22.4 Å². The maximum absolute atomic E-state index is 4.99. The lowest BCUT2D eigenvalue weighted by molar-refractivity contribution is 0.409. The molecule has 1 aromatic rings. The number of halogens is 1. The molecule has 0 aliphatic carbocycles. The molecule has 0 N–H and O–H groups in total. The van der Waals surface area contributed by atoms with Crippen molar-refractivity contribution in [3.8, 4) is 5.75 Å². The van der Waals surface area contributed by atoms with E-state index in [0.29, 0.717) is 0 Å². The van der Waals surface area contributed by atoms with Crippen LogP contribution in [0.4, 0.5) is 0 Å². The van der Waals surface area contributed by atoms with Crippen LogP contribution < -0.4 is 4.74 Å². The molecule has 2 nitrogen and oxygen atoms in total. The third kappa shape index (κ3) is 5.16. The molecule has 0 aromatic carbocycles. The molecule has 0 bridgehead atoms. The number of rotatable bonds is 1. The van der Waals surface area contributed by atoms with Crippen LogP contribution in [0.15, 0.2) is 16.7 Å². The molecule has 0 aliphatic heterocycles. The second kappa shape index (κ2) is 8.38. The number of methoxy groups -OCH3 is 1. The van der Waals surface area contributed by atoms with Crippen LogP contribution in [0, 0.1) is 6.92 Å². The Balaban J connectivity index is 0. The zero-order valence-corrected chi connectivity index (χ0v) is 11.0. The van der Waals surface area contributed by atoms with Crippen molar-refractivity contribution in [2.45, 2.75) is 20.8 Å². The molecule has 0 aliphatic rings. The molecular weight excluding hydrogens is 250 g/mol. The average molecular weight is 266 g/mol. The van der Waals surface area contributed by atoms with E-state index in [1.165, 1.54) is 0 Å². The number of aromatic nitrogens is 1. The first-order chi connectivity index (χ1) is 5.74. The van der Waals surface area contributed by atoms with Gasteiger partial charge < -0.3 is 4.74 Å². The van der Waals surface area contributed by atoms with E-state index >= 15 is 0 Å². The fourth-order valence-electron chi connectivity index (χ4n) is 0.665. The quantitative estimate of drug-likeness (QED) is 0.727. The Morgan fingerprint density at radius 3 is 2.23 bits per heavy atom. The maximum Gasteiger partial charge on any atom is 0.151 e. The summed E-state index contributed by atoms with van der Waals surface area (Å²) in [4.78, 5) is 4.14. The number of hydrogen-bond acceptors (Lipinski definition) is 2. The lowest BCUT2D eigenvalue weighted by atomic mass is 10.4. The van der Waals surface area contributed by atoms with Crippen LogP contribution in [0.3, 0.4) is 0 Å². The predicted molar refractivity (Wildman–Crippen MR) is 65.0 cm³/mol. The summed E-state index contributed by atoms with van der Waals surface area (Å²) in [5.74, 6) is 0.769. The third-order valence-corrected chi connectivity index (χ3v) is 1.74. The van der Waals surface area contributed by atoms with Crippen molar-refractivity contribution in [3.63, 3.8) is 0 Å². The van der Waals surface area contributed by atoms with Crippen LogP contribution in [0.25, 0.3) is 0 Å². The van der Waals surface area contributed by atoms with Gasteiger partial charge >= 0.3 is 0 Å². The summed E-state index contributed by atoms with van der Waals surface area (Å²) in [5.41, 5.74) is 0.979. The van der Waals surface area contributed by atoms with Crippen molar-refractivity contribution in [2.75, 3.05) is 7.11 Å². The van der Waals surface area contributed by atoms with Gasteiger partial charge in [0.15, 0.2) is 5.75 Å². The molecule has 0 amide bonds. The van der Waals surface area contributed by atoms with Crippen molar-refractivity contribution in [1.82, 2.24) is 4.98 Å². The minimum atomic E-state index is 0. The molecule has 0 saturated carbocycles. The molecule has 13 heavy (non-hydrogen) atoms. The van der Waals surface area contributed by atoms with Gasteiger partial charge in [-0.15, -0.1) is 0 Å².